The van der Waals surface area contributed by atoms with Crippen molar-refractivity contribution in [1.82, 2.24) is 9.38 Å². The highest BCUT2D eigenvalue weighted by Gasteiger charge is 2.12. The second-order valence-corrected chi connectivity index (χ2v) is 4.59. The predicted molar refractivity (Wildman–Crippen MR) is 67.4 cm³/mol. The summed E-state index contributed by atoms with van der Waals surface area (Å²) in [6.45, 7) is 0. The van der Waals surface area contributed by atoms with Gasteiger partial charge in [-0.05, 0) is 29.7 Å². The van der Waals surface area contributed by atoms with Crippen molar-refractivity contribution in [1.29, 1.82) is 0 Å². The van der Waals surface area contributed by atoms with E-state index >= 15 is 0 Å². The third-order valence-corrected chi connectivity index (χ3v) is 3.15. The Bertz CT molecular complexity index is 749. The average Bonchev–Trinajstić information content (AvgIpc) is 2.73. The first kappa shape index (κ1) is 10.3. The molecule has 0 radical (unpaired) electrons. The first-order valence-corrected chi connectivity index (χ1v) is 5.75. The monoisotopic (exact) mass is 290 g/mol. The lowest BCUT2D eigenvalue weighted by atomic mass is 10.2. The maximum absolute atomic E-state index is 11.1. The molecule has 0 amide bonds. The zero-order chi connectivity index (χ0) is 12.0. The zero-order valence-corrected chi connectivity index (χ0v) is 10.2. The van der Waals surface area contributed by atoms with Gasteiger partial charge < -0.3 is 5.11 Å². The fourth-order valence-electron chi connectivity index (χ4n) is 1.90. The van der Waals surface area contributed by atoms with Crippen LogP contribution in [0.15, 0.2) is 41.0 Å². The summed E-state index contributed by atoms with van der Waals surface area (Å²) in [6, 6.07) is 9.48. The van der Waals surface area contributed by atoms with Gasteiger partial charge in [0.15, 0.2) is 5.69 Å². The number of benzene rings is 1. The van der Waals surface area contributed by atoms with Crippen LogP contribution in [0.4, 0.5) is 0 Å². The fraction of sp³-hybridized carbons (Fsp3) is 0. The van der Waals surface area contributed by atoms with E-state index in [0.717, 1.165) is 15.4 Å². The molecule has 84 valence electrons. The van der Waals surface area contributed by atoms with Gasteiger partial charge in [-0.1, -0.05) is 22.0 Å². The Hall–Kier alpha value is -1.88. The van der Waals surface area contributed by atoms with Crippen molar-refractivity contribution in [2.75, 3.05) is 0 Å². The highest BCUT2D eigenvalue weighted by molar-refractivity contribution is 9.10. The van der Waals surface area contributed by atoms with Crippen molar-refractivity contribution in [3.63, 3.8) is 0 Å². The fourth-order valence-corrected chi connectivity index (χ4v) is 2.25. The topological polar surface area (TPSA) is 54.6 Å². The zero-order valence-electron chi connectivity index (χ0n) is 8.59. The molecule has 2 heterocycles. The Morgan fingerprint density at radius 2 is 2.06 bits per heavy atom. The van der Waals surface area contributed by atoms with Crippen molar-refractivity contribution in [3.05, 3.63) is 46.7 Å². The first-order chi connectivity index (χ1) is 8.16. The summed E-state index contributed by atoms with van der Waals surface area (Å²) in [5.74, 6) is -0.982. The maximum Gasteiger partial charge on any atom is 0.354 e. The minimum Gasteiger partial charge on any atom is -0.477 e. The second kappa shape index (κ2) is 3.56. The molecule has 0 fully saturated rings. The van der Waals surface area contributed by atoms with E-state index in [1.54, 1.807) is 4.40 Å². The number of carboxylic acid groups (broad SMARTS) is 1. The van der Waals surface area contributed by atoms with Crippen LogP contribution in [0.3, 0.4) is 0 Å². The number of carboxylic acids is 1. The van der Waals surface area contributed by atoms with Gasteiger partial charge in [-0.25, -0.2) is 9.78 Å². The largest absolute Gasteiger partial charge is 0.477 e. The number of imidazole rings is 1. The van der Waals surface area contributed by atoms with Crippen LogP contribution in [0.5, 0.6) is 0 Å². The highest BCUT2D eigenvalue weighted by atomic mass is 79.9. The van der Waals surface area contributed by atoms with E-state index in [2.05, 4.69) is 20.9 Å². The molecule has 17 heavy (non-hydrogen) atoms. The normalized spacial score (nSPS) is 11.1. The summed E-state index contributed by atoms with van der Waals surface area (Å²) in [5.41, 5.74) is 1.63. The molecule has 0 saturated heterocycles. The van der Waals surface area contributed by atoms with E-state index in [4.69, 9.17) is 5.11 Å². The third-order valence-electron chi connectivity index (χ3n) is 2.65. The molecule has 0 atom stereocenters. The third kappa shape index (κ3) is 1.51. The van der Waals surface area contributed by atoms with Crippen LogP contribution >= 0.6 is 15.9 Å². The summed E-state index contributed by atoms with van der Waals surface area (Å²) in [6.07, 6.45) is 1.37. The molecule has 5 heteroatoms. The number of hydrogen-bond donors (Lipinski definition) is 1. The molecular formula is C12H7BrN2O2. The van der Waals surface area contributed by atoms with Gasteiger partial charge in [0.1, 0.15) is 5.65 Å². The summed E-state index contributed by atoms with van der Waals surface area (Å²) >= 11 is 3.39. The number of fused-ring (bicyclic) bond motifs is 3. The summed E-state index contributed by atoms with van der Waals surface area (Å²) in [5, 5.41) is 10.1. The number of halogens is 1. The molecule has 0 aliphatic heterocycles. The molecule has 3 rings (SSSR count). The number of hydrogen-bond acceptors (Lipinski definition) is 2. The van der Waals surface area contributed by atoms with E-state index in [0.29, 0.717) is 5.65 Å². The van der Waals surface area contributed by atoms with Gasteiger partial charge in [0, 0.05) is 4.47 Å². The minimum absolute atomic E-state index is 0.170. The second-order valence-electron chi connectivity index (χ2n) is 3.68. The molecule has 0 aliphatic rings. The Kier molecular flexibility index (Phi) is 2.16. The van der Waals surface area contributed by atoms with Gasteiger partial charge in [0.25, 0.3) is 0 Å². The molecule has 0 unspecified atom stereocenters. The van der Waals surface area contributed by atoms with E-state index in [1.165, 1.54) is 6.20 Å². The predicted octanol–water partition coefficient (Wildman–Crippen LogP) is 2.95. The van der Waals surface area contributed by atoms with Gasteiger partial charge in [0.2, 0.25) is 0 Å². The Labute approximate surface area is 105 Å². The minimum atomic E-state index is -0.982. The molecule has 1 aromatic carbocycles. The number of rotatable bonds is 1. The van der Waals surface area contributed by atoms with Crippen LogP contribution in [-0.2, 0) is 0 Å². The number of aromatic carboxylic acids is 1. The number of pyridine rings is 1. The molecule has 3 aromatic rings. The smallest absolute Gasteiger partial charge is 0.354 e. The van der Waals surface area contributed by atoms with Crippen LogP contribution in [0.1, 0.15) is 10.5 Å². The van der Waals surface area contributed by atoms with Crippen LogP contribution in [-0.4, -0.2) is 20.5 Å². The van der Waals surface area contributed by atoms with E-state index < -0.39 is 5.97 Å². The van der Waals surface area contributed by atoms with Crippen LogP contribution in [0.25, 0.3) is 16.6 Å². The van der Waals surface area contributed by atoms with Crippen molar-refractivity contribution in [2.45, 2.75) is 0 Å². The molecule has 0 spiro atoms. The lowest BCUT2D eigenvalue weighted by Crippen LogP contribution is -2.02. The SMILES string of the molecule is O=C(O)c1cnc2ccc3ccc(Br)cc3n12. The van der Waals surface area contributed by atoms with Crippen molar-refractivity contribution >= 4 is 38.4 Å². The number of nitrogens with zero attached hydrogens (tertiary/aromatic N) is 2. The molecule has 0 aliphatic carbocycles. The van der Waals surface area contributed by atoms with Crippen LogP contribution < -0.4 is 0 Å². The van der Waals surface area contributed by atoms with Crippen molar-refractivity contribution in [3.8, 4) is 0 Å². The van der Waals surface area contributed by atoms with E-state index in [1.807, 2.05) is 30.3 Å². The van der Waals surface area contributed by atoms with Gasteiger partial charge >= 0.3 is 5.97 Å². The summed E-state index contributed by atoms with van der Waals surface area (Å²) in [4.78, 5) is 15.2. The molecule has 0 bridgehead atoms. The van der Waals surface area contributed by atoms with Crippen LogP contribution in [0.2, 0.25) is 0 Å². The number of aromatic nitrogens is 2. The van der Waals surface area contributed by atoms with E-state index in [-0.39, 0.29) is 5.69 Å². The maximum atomic E-state index is 11.1. The van der Waals surface area contributed by atoms with E-state index in [9.17, 15) is 4.79 Å². The average molecular weight is 291 g/mol. The quantitative estimate of drug-likeness (QED) is 0.750. The first-order valence-electron chi connectivity index (χ1n) is 4.96. The molecule has 1 N–H and O–H groups in total. The van der Waals surface area contributed by atoms with Crippen LogP contribution in [0, 0.1) is 0 Å². The Morgan fingerprint density at radius 3 is 2.82 bits per heavy atom. The highest BCUT2D eigenvalue weighted by Crippen LogP contribution is 2.22. The van der Waals surface area contributed by atoms with Gasteiger partial charge in [0.05, 0.1) is 11.7 Å². The lowest BCUT2D eigenvalue weighted by Gasteiger charge is -2.04. The van der Waals surface area contributed by atoms with Crippen molar-refractivity contribution < 1.29 is 9.90 Å². The Balaban J connectivity index is 2.55. The van der Waals surface area contributed by atoms with Gasteiger partial charge in [-0.2, -0.15) is 0 Å². The molecular weight excluding hydrogens is 284 g/mol. The van der Waals surface area contributed by atoms with Gasteiger partial charge in [-0.15, -0.1) is 0 Å². The lowest BCUT2D eigenvalue weighted by molar-refractivity contribution is 0.0690. The summed E-state index contributed by atoms with van der Waals surface area (Å²) in [7, 11) is 0. The molecule has 0 saturated carbocycles. The van der Waals surface area contributed by atoms with Gasteiger partial charge in [-0.3, -0.25) is 4.40 Å². The summed E-state index contributed by atoms with van der Waals surface area (Å²) < 4.78 is 2.55. The molecule has 4 nitrogen and oxygen atoms in total. The standard InChI is InChI=1S/C12H7BrN2O2/c13-8-3-1-7-2-4-11-14-6-10(12(16)17)15(11)9(7)5-8/h1-6H,(H,16,17). The molecule has 2 aromatic heterocycles. The number of carbonyl (C=O) groups is 1. The van der Waals surface area contributed by atoms with Crippen molar-refractivity contribution in [2.24, 2.45) is 0 Å². The Morgan fingerprint density at radius 1 is 1.29 bits per heavy atom.